The van der Waals surface area contributed by atoms with Gasteiger partial charge in [0.15, 0.2) is 0 Å². The molecule has 0 heterocycles. The molecule has 1 rings (SSSR count). The zero-order valence-electron chi connectivity index (χ0n) is 15.4. The Morgan fingerprint density at radius 2 is 1.43 bits per heavy atom. The van der Waals surface area contributed by atoms with Gasteiger partial charge in [-0.15, -0.1) is 9.05 Å². The van der Waals surface area contributed by atoms with Gasteiger partial charge in [-0.05, 0) is 46.6 Å². The van der Waals surface area contributed by atoms with E-state index in [9.17, 15) is 9.67 Å². The molecular weight excluding hydrogens is 339 g/mol. The van der Waals surface area contributed by atoms with Gasteiger partial charge in [-0.3, -0.25) is 0 Å². The topological polar surface area (TPSA) is 55.8 Å². The third-order valence-corrected chi connectivity index (χ3v) is 4.17. The summed E-state index contributed by atoms with van der Waals surface area (Å²) in [6.45, 7) is 14.7. The van der Waals surface area contributed by atoms with Crippen molar-refractivity contribution in [2.45, 2.75) is 65.9 Å². The fourth-order valence-corrected chi connectivity index (χ4v) is 2.73. The predicted octanol–water partition coefficient (Wildman–Crippen LogP) is 4.82. The molecule has 0 aliphatic rings. The van der Waals surface area contributed by atoms with Crippen molar-refractivity contribution in [3.05, 3.63) is 28.8 Å². The van der Waals surface area contributed by atoms with Crippen molar-refractivity contribution in [1.29, 1.82) is 0 Å². The molecule has 0 radical (unpaired) electrons. The van der Waals surface area contributed by atoms with Crippen molar-refractivity contribution in [1.82, 2.24) is 0 Å². The Morgan fingerprint density at radius 3 is 1.78 bits per heavy atom. The molecule has 1 unspecified atom stereocenters. The van der Waals surface area contributed by atoms with E-state index in [1.54, 1.807) is 6.92 Å². The molecule has 6 heteroatoms. The van der Waals surface area contributed by atoms with E-state index in [1.807, 2.05) is 12.1 Å². The second kappa shape index (κ2) is 9.12. The predicted molar refractivity (Wildman–Crippen MR) is 95.3 cm³/mol. The molecule has 0 saturated carbocycles. The number of phenolic OH excluding ortho intramolecular Hbond substituents is 1. The minimum Gasteiger partial charge on any atom is -0.507 e. The molecule has 1 N–H and O–H groups in total. The Balaban J connectivity index is 0.00000484. The van der Waals surface area contributed by atoms with Crippen molar-refractivity contribution >= 4 is 46.0 Å². The number of benzene rings is 1. The summed E-state index contributed by atoms with van der Waals surface area (Å²) in [4.78, 5) is 0. The average molecular weight is 367 g/mol. The normalized spacial score (nSPS) is 12.7. The molecule has 0 aromatic heterocycles. The largest absolute Gasteiger partial charge is 2.00 e. The zero-order chi connectivity index (χ0) is 17.1. The van der Waals surface area contributed by atoms with Crippen LogP contribution in [0.4, 0.5) is 0 Å². The van der Waals surface area contributed by atoms with Crippen LogP contribution in [0.3, 0.4) is 0 Å². The maximum Gasteiger partial charge on any atom is 2.00 e. The van der Waals surface area contributed by atoms with E-state index in [0.717, 1.165) is 16.7 Å². The maximum atomic E-state index is 11.5. The van der Waals surface area contributed by atoms with Crippen molar-refractivity contribution in [2.24, 2.45) is 0 Å². The van der Waals surface area contributed by atoms with Gasteiger partial charge in [0.1, 0.15) is 19.0 Å². The first-order chi connectivity index (χ1) is 9.96. The molecule has 1 aromatic rings. The van der Waals surface area contributed by atoms with Crippen molar-refractivity contribution < 1.29 is 18.7 Å². The number of hydrogen-bond donors (Lipinski definition) is 1. The molecule has 0 saturated heterocycles. The Morgan fingerprint density at radius 1 is 1.00 bits per heavy atom. The SMILES string of the molecule is CCO[P+](=O)OCc1cc(C(C)(C)C)c(O)c(C(C)(C)C)c1.[Ca+2]. The number of hydrogen-bond acceptors (Lipinski definition) is 4. The smallest absolute Gasteiger partial charge is 0.507 e. The summed E-state index contributed by atoms with van der Waals surface area (Å²) in [5, 5.41) is 10.6. The monoisotopic (exact) mass is 367 g/mol. The summed E-state index contributed by atoms with van der Waals surface area (Å²) in [7, 11) is -2.10. The van der Waals surface area contributed by atoms with Crippen molar-refractivity contribution in [3.8, 4) is 5.75 Å². The van der Waals surface area contributed by atoms with Crippen LogP contribution in [0.25, 0.3) is 0 Å². The minimum absolute atomic E-state index is 0. The molecular formula is C17H28CaO4P+3. The van der Waals surface area contributed by atoms with Crippen LogP contribution in [-0.2, 0) is 31.0 Å². The van der Waals surface area contributed by atoms with Crippen LogP contribution in [0.1, 0.15) is 65.2 Å². The summed E-state index contributed by atoms with van der Waals surface area (Å²) < 4.78 is 21.7. The Hall–Kier alpha value is 0.300. The molecule has 4 nitrogen and oxygen atoms in total. The quantitative estimate of drug-likeness (QED) is 0.599. The Kier molecular flexibility index (Phi) is 9.24. The standard InChI is InChI=1S/C17H27O4P.Ca/c1-8-20-22(19)21-11-12-9-13(16(2,3)4)15(18)14(10-12)17(5,6)7;/h9-10H,8,11H2,1-7H3;/q;+2/p+1. The Bertz CT molecular complexity index is 509. The Labute approximate surface area is 170 Å². The van der Waals surface area contributed by atoms with Gasteiger partial charge < -0.3 is 5.11 Å². The van der Waals surface area contributed by atoms with E-state index in [0.29, 0.717) is 12.4 Å². The molecule has 1 aromatic carbocycles. The molecule has 0 aliphatic carbocycles. The van der Waals surface area contributed by atoms with Crippen LogP contribution in [-0.4, -0.2) is 49.5 Å². The maximum absolute atomic E-state index is 11.5. The van der Waals surface area contributed by atoms with Gasteiger partial charge in [0.05, 0.1) is 0 Å². The summed E-state index contributed by atoms with van der Waals surface area (Å²) in [5.74, 6) is 0.331. The molecule has 0 amide bonds. The molecule has 0 aliphatic heterocycles. The van der Waals surface area contributed by atoms with Gasteiger partial charge in [-0.1, -0.05) is 41.5 Å². The van der Waals surface area contributed by atoms with E-state index < -0.39 is 8.25 Å². The first-order valence-electron chi connectivity index (χ1n) is 7.56. The summed E-state index contributed by atoms with van der Waals surface area (Å²) in [5.41, 5.74) is 2.23. The van der Waals surface area contributed by atoms with Gasteiger partial charge in [-0.2, -0.15) is 0 Å². The van der Waals surface area contributed by atoms with E-state index in [-0.39, 0.29) is 55.2 Å². The van der Waals surface area contributed by atoms with Crippen LogP contribution in [0.2, 0.25) is 0 Å². The van der Waals surface area contributed by atoms with Gasteiger partial charge in [-0.25, -0.2) is 0 Å². The van der Waals surface area contributed by atoms with E-state index in [4.69, 9.17) is 9.05 Å². The van der Waals surface area contributed by atoms with Crippen LogP contribution in [0.15, 0.2) is 12.1 Å². The summed E-state index contributed by atoms with van der Waals surface area (Å²) >= 11 is 0. The third kappa shape index (κ3) is 6.97. The summed E-state index contributed by atoms with van der Waals surface area (Å²) in [6, 6.07) is 3.83. The number of rotatable bonds is 5. The van der Waals surface area contributed by atoms with Crippen molar-refractivity contribution in [2.75, 3.05) is 6.61 Å². The molecule has 1 atom stereocenters. The van der Waals surface area contributed by atoms with Crippen LogP contribution in [0.5, 0.6) is 5.75 Å². The van der Waals surface area contributed by atoms with E-state index in [2.05, 4.69) is 41.5 Å². The van der Waals surface area contributed by atoms with E-state index >= 15 is 0 Å². The second-order valence-corrected chi connectivity index (χ2v) is 8.42. The third-order valence-electron chi connectivity index (χ3n) is 3.36. The van der Waals surface area contributed by atoms with Crippen molar-refractivity contribution in [3.63, 3.8) is 0 Å². The average Bonchev–Trinajstić information content (AvgIpc) is 2.35. The first kappa shape index (κ1) is 23.3. The second-order valence-electron chi connectivity index (χ2n) is 7.45. The number of phenols is 1. The molecule has 23 heavy (non-hydrogen) atoms. The molecule has 0 spiro atoms. The van der Waals surface area contributed by atoms with E-state index in [1.165, 1.54) is 0 Å². The van der Waals surface area contributed by atoms with Crippen LogP contribution < -0.4 is 0 Å². The van der Waals surface area contributed by atoms with Crippen LogP contribution >= 0.6 is 8.25 Å². The molecule has 0 fully saturated rings. The fourth-order valence-electron chi connectivity index (χ4n) is 2.19. The van der Waals surface area contributed by atoms with Gasteiger partial charge in [0, 0.05) is 4.57 Å². The minimum atomic E-state index is -2.10. The van der Waals surface area contributed by atoms with Gasteiger partial charge in [0.2, 0.25) is 0 Å². The molecule has 124 valence electrons. The van der Waals surface area contributed by atoms with Crippen LogP contribution in [0, 0.1) is 0 Å². The number of aromatic hydroxyl groups is 1. The zero-order valence-corrected chi connectivity index (χ0v) is 18.5. The summed E-state index contributed by atoms with van der Waals surface area (Å²) in [6.07, 6.45) is 0. The molecule has 0 bridgehead atoms. The first-order valence-corrected chi connectivity index (χ1v) is 8.66. The fraction of sp³-hybridized carbons (Fsp3) is 0.647. The van der Waals surface area contributed by atoms with Gasteiger partial charge in [0.25, 0.3) is 0 Å². The van der Waals surface area contributed by atoms with Gasteiger partial charge >= 0.3 is 46.0 Å².